The van der Waals surface area contributed by atoms with Crippen molar-refractivity contribution in [2.24, 2.45) is 0 Å². The van der Waals surface area contributed by atoms with Gasteiger partial charge >= 0.3 is 36.2 Å². The number of alkyl halides is 6. The number of halogens is 8. The van der Waals surface area contributed by atoms with Crippen LogP contribution in [-0.2, 0) is 24.5 Å². The Morgan fingerprint density at radius 2 is 0.739 bits per heavy atom. The van der Waals surface area contributed by atoms with Crippen LogP contribution in [0, 0.1) is 11.6 Å². The van der Waals surface area contributed by atoms with E-state index < -0.39 is 87.0 Å². The predicted molar refractivity (Wildman–Crippen MR) is 237 cm³/mol. The first-order chi connectivity index (χ1) is 32.9. The number of hydrogen-bond donors (Lipinski definition) is 0. The second-order valence-corrected chi connectivity index (χ2v) is 15.5. The highest BCUT2D eigenvalue weighted by atomic mass is 19.4. The van der Waals surface area contributed by atoms with Gasteiger partial charge in [-0.2, -0.15) is 26.3 Å². The van der Waals surface area contributed by atoms with Gasteiger partial charge in [0.2, 0.25) is 5.41 Å². The van der Waals surface area contributed by atoms with Crippen molar-refractivity contribution in [2.45, 2.75) is 94.8 Å². The molecule has 0 bridgehead atoms. The minimum atomic E-state index is -6.00. The maximum atomic E-state index is 14.9. The summed E-state index contributed by atoms with van der Waals surface area (Å²) in [5.74, 6) is -6.35. The minimum Gasteiger partial charge on any atom is -0.493 e. The number of unbranched alkanes of at least 4 members (excludes halogenated alkanes) is 10. The number of benzene rings is 4. The third-order valence-electron chi connectivity index (χ3n) is 10.6. The standard InChI is InChI=1S/C51H52F8O10/c1-3-45(60)66-31-15-11-7-5-9-13-29-64-39-25-27-41(43(52)33-39)47(62)68-37-21-17-35(18-22-37)49(50(54,55)56,51(57,58)59)36-19-23-38(24-20-36)69-48(63)42-28-26-40(34-44(42)53)65-30-14-10-6-8-12-16-32-67-46(61)4-2/h3-4,17-28,33-34H,1-2,5-16,29-32H2. The molecule has 0 saturated heterocycles. The maximum absolute atomic E-state index is 14.9. The Kier molecular flexibility index (Phi) is 21.3. The summed E-state index contributed by atoms with van der Waals surface area (Å²) in [5.41, 5.74) is -8.41. The van der Waals surface area contributed by atoms with Crippen LogP contribution >= 0.6 is 0 Å². The van der Waals surface area contributed by atoms with Gasteiger partial charge in [0.25, 0.3) is 0 Å². The SMILES string of the molecule is C=CC(=O)OCCCCCCCCOc1ccc(C(=O)Oc2ccc(C(c3ccc(OC(=O)c4ccc(OCCCCCCCCOC(=O)C=C)cc4F)cc3)(C(F)(F)F)C(F)(F)F)cc2)c(F)c1. The molecular weight excluding hydrogens is 925 g/mol. The first kappa shape index (κ1) is 54.9. The van der Waals surface area contributed by atoms with Crippen LogP contribution in [0.15, 0.2) is 110 Å². The van der Waals surface area contributed by atoms with E-state index in [4.69, 9.17) is 28.4 Å². The van der Waals surface area contributed by atoms with Gasteiger partial charge in [0.1, 0.15) is 34.6 Å². The number of carbonyl (C=O) groups excluding carboxylic acids is 4. The monoisotopic (exact) mass is 976 g/mol. The summed E-state index contributed by atoms with van der Waals surface area (Å²) in [6.45, 7) is 7.77. The summed E-state index contributed by atoms with van der Waals surface area (Å²) in [4.78, 5) is 47.7. The Hall–Kier alpha value is -6.72. The van der Waals surface area contributed by atoms with E-state index in [1.165, 1.54) is 12.1 Å². The van der Waals surface area contributed by atoms with E-state index in [0.717, 1.165) is 101 Å². The van der Waals surface area contributed by atoms with Crippen LogP contribution in [0.1, 0.15) is 109 Å². The molecule has 0 N–H and O–H groups in total. The fourth-order valence-corrected chi connectivity index (χ4v) is 7.02. The molecule has 69 heavy (non-hydrogen) atoms. The lowest BCUT2D eigenvalue weighted by Crippen LogP contribution is -2.54. The summed E-state index contributed by atoms with van der Waals surface area (Å²) in [7, 11) is 0. The average Bonchev–Trinajstić information content (AvgIpc) is 3.30. The quantitative estimate of drug-likeness (QED) is 0.0179. The molecular formula is C51H52F8O10. The molecule has 0 aliphatic heterocycles. The minimum absolute atomic E-state index is 0.110. The summed E-state index contributed by atoms with van der Waals surface area (Å²) < 4.78 is 150. The van der Waals surface area contributed by atoms with Crippen molar-refractivity contribution < 1.29 is 82.7 Å². The highest BCUT2D eigenvalue weighted by Crippen LogP contribution is 2.56. The first-order valence-corrected chi connectivity index (χ1v) is 22.1. The molecule has 10 nitrogen and oxygen atoms in total. The van der Waals surface area contributed by atoms with Crippen LogP contribution in [0.4, 0.5) is 35.1 Å². The van der Waals surface area contributed by atoms with Crippen LogP contribution in [-0.4, -0.2) is 62.7 Å². The fraction of sp³-hybridized carbons (Fsp3) is 0.373. The molecule has 0 unspecified atom stereocenters. The Balaban J connectivity index is 1.32. The van der Waals surface area contributed by atoms with E-state index in [2.05, 4.69) is 13.2 Å². The molecule has 0 spiro atoms. The topological polar surface area (TPSA) is 124 Å². The Labute approximate surface area is 394 Å². The number of esters is 4. The molecule has 0 aliphatic rings. The van der Waals surface area contributed by atoms with Crippen molar-refractivity contribution in [1.82, 2.24) is 0 Å². The van der Waals surface area contributed by atoms with Gasteiger partial charge in [-0.05, 0) is 85.3 Å². The van der Waals surface area contributed by atoms with Gasteiger partial charge in [-0.1, -0.05) is 88.8 Å². The van der Waals surface area contributed by atoms with E-state index in [0.29, 0.717) is 74.6 Å². The van der Waals surface area contributed by atoms with Crippen molar-refractivity contribution in [3.05, 3.63) is 144 Å². The molecule has 0 amide bonds. The molecule has 0 heterocycles. The number of carbonyl (C=O) groups is 4. The lowest BCUT2D eigenvalue weighted by Gasteiger charge is -2.38. The third kappa shape index (κ3) is 16.2. The lowest BCUT2D eigenvalue weighted by atomic mass is 9.73. The molecule has 0 saturated carbocycles. The van der Waals surface area contributed by atoms with Crippen LogP contribution in [0.3, 0.4) is 0 Å². The molecule has 0 aromatic heterocycles. The Morgan fingerprint density at radius 1 is 0.435 bits per heavy atom. The normalized spacial score (nSPS) is 11.6. The predicted octanol–water partition coefficient (Wildman–Crippen LogP) is 12.7. The van der Waals surface area contributed by atoms with Gasteiger partial charge in [0, 0.05) is 24.3 Å². The van der Waals surface area contributed by atoms with E-state index in [-0.39, 0.29) is 24.7 Å². The zero-order valence-corrected chi connectivity index (χ0v) is 37.6. The van der Waals surface area contributed by atoms with Gasteiger partial charge in [0.15, 0.2) is 0 Å². The molecule has 0 radical (unpaired) electrons. The zero-order chi connectivity index (χ0) is 50.5. The van der Waals surface area contributed by atoms with E-state index in [1.54, 1.807) is 0 Å². The van der Waals surface area contributed by atoms with Gasteiger partial charge in [-0.25, -0.2) is 28.0 Å². The van der Waals surface area contributed by atoms with E-state index in [9.17, 15) is 54.3 Å². The average molecular weight is 977 g/mol. The molecule has 0 aliphatic carbocycles. The van der Waals surface area contributed by atoms with E-state index in [1.807, 2.05) is 0 Å². The molecule has 0 atom stereocenters. The number of hydrogen-bond acceptors (Lipinski definition) is 10. The molecule has 0 fully saturated rings. The summed E-state index contributed by atoms with van der Waals surface area (Å²) in [6, 6.07) is 11.3. The second kappa shape index (κ2) is 26.7. The number of ether oxygens (including phenoxy) is 6. The Bertz CT molecular complexity index is 2160. The summed E-state index contributed by atoms with van der Waals surface area (Å²) >= 11 is 0. The van der Waals surface area contributed by atoms with Crippen molar-refractivity contribution in [3.8, 4) is 23.0 Å². The lowest BCUT2D eigenvalue weighted by molar-refractivity contribution is -0.288. The van der Waals surface area contributed by atoms with Gasteiger partial charge < -0.3 is 28.4 Å². The molecule has 372 valence electrons. The highest BCUT2D eigenvalue weighted by molar-refractivity contribution is 5.92. The van der Waals surface area contributed by atoms with Crippen molar-refractivity contribution in [3.63, 3.8) is 0 Å². The van der Waals surface area contributed by atoms with Crippen molar-refractivity contribution in [2.75, 3.05) is 26.4 Å². The van der Waals surface area contributed by atoms with Crippen LogP contribution < -0.4 is 18.9 Å². The molecule has 4 rings (SSSR count). The maximum Gasteiger partial charge on any atom is 0.411 e. The summed E-state index contributed by atoms with van der Waals surface area (Å²) in [5, 5.41) is 0. The van der Waals surface area contributed by atoms with E-state index >= 15 is 0 Å². The van der Waals surface area contributed by atoms with Crippen LogP contribution in [0.25, 0.3) is 0 Å². The van der Waals surface area contributed by atoms with Crippen molar-refractivity contribution >= 4 is 23.9 Å². The third-order valence-corrected chi connectivity index (χ3v) is 10.6. The van der Waals surface area contributed by atoms with Gasteiger partial charge in [-0.3, -0.25) is 0 Å². The summed E-state index contributed by atoms with van der Waals surface area (Å²) in [6.07, 6.45) is -0.110. The van der Waals surface area contributed by atoms with Gasteiger partial charge in [0.05, 0.1) is 37.6 Å². The Morgan fingerprint density at radius 3 is 1.04 bits per heavy atom. The van der Waals surface area contributed by atoms with Crippen LogP contribution in [0.5, 0.6) is 23.0 Å². The van der Waals surface area contributed by atoms with Crippen LogP contribution in [0.2, 0.25) is 0 Å². The second-order valence-electron chi connectivity index (χ2n) is 15.5. The highest BCUT2D eigenvalue weighted by Gasteiger charge is 2.72. The molecule has 4 aromatic rings. The largest absolute Gasteiger partial charge is 0.493 e. The fourth-order valence-electron chi connectivity index (χ4n) is 7.02. The van der Waals surface area contributed by atoms with Crippen molar-refractivity contribution in [1.29, 1.82) is 0 Å². The first-order valence-electron chi connectivity index (χ1n) is 22.1. The smallest absolute Gasteiger partial charge is 0.411 e. The number of rotatable bonds is 28. The molecule has 4 aromatic carbocycles. The molecule has 18 heteroatoms. The van der Waals surface area contributed by atoms with Gasteiger partial charge in [-0.15, -0.1) is 0 Å². The zero-order valence-electron chi connectivity index (χ0n) is 37.6.